The van der Waals surface area contributed by atoms with Gasteiger partial charge in [-0.25, -0.2) is 0 Å². The molecule has 0 saturated carbocycles. The Bertz CT molecular complexity index is 343. The number of carbonyl (C=O) groups excluding carboxylic acids is 1. The summed E-state index contributed by atoms with van der Waals surface area (Å²) >= 11 is 0. The van der Waals surface area contributed by atoms with Crippen LogP contribution in [0.3, 0.4) is 0 Å². The van der Waals surface area contributed by atoms with Crippen LogP contribution >= 0.6 is 0 Å². The average molecular weight is 253 g/mol. The number of amides is 1. The number of hydrogen-bond acceptors (Lipinski definition) is 4. The third-order valence-electron chi connectivity index (χ3n) is 2.98. The molecule has 1 atom stereocenters. The SMILES string of the molecule is C#CCC(N)C(=O)N1CCN(CCC(=O)O)CC1. The van der Waals surface area contributed by atoms with Gasteiger partial charge in [-0.1, -0.05) is 0 Å². The van der Waals surface area contributed by atoms with E-state index in [1.807, 2.05) is 4.90 Å². The Morgan fingerprint density at radius 1 is 1.33 bits per heavy atom. The van der Waals surface area contributed by atoms with Crippen molar-refractivity contribution >= 4 is 11.9 Å². The maximum absolute atomic E-state index is 11.9. The zero-order valence-corrected chi connectivity index (χ0v) is 10.3. The van der Waals surface area contributed by atoms with Gasteiger partial charge < -0.3 is 15.7 Å². The molecule has 0 radical (unpaired) electrons. The summed E-state index contributed by atoms with van der Waals surface area (Å²) in [6, 6.07) is -0.624. The van der Waals surface area contributed by atoms with Gasteiger partial charge in [-0.2, -0.15) is 0 Å². The third kappa shape index (κ3) is 4.35. The van der Waals surface area contributed by atoms with Crippen molar-refractivity contribution < 1.29 is 14.7 Å². The second kappa shape index (κ2) is 6.99. The summed E-state index contributed by atoms with van der Waals surface area (Å²) in [4.78, 5) is 26.0. The minimum atomic E-state index is -0.801. The molecule has 1 saturated heterocycles. The fourth-order valence-electron chi connectivity index (χ4n) is 1.89. The summed E-state index contributed by atoms with van der Waals surface area (Å²) in [6.07, 6.45) is 5.50. The number of nitrogens with zero attached hydrogens (tertiary/aromatic N) is 2. The molecule has 1 fully saturated rings. The van der Waals surface area contributed by atoms with E-state index in [9.17, 15) is 9.59 Å². The molecule has 1 aliphatic heterocycles. The van der Waals surface area contributed by atoms with Crippen LogP contribution < -0.4 is 5.73 Å². The average Bonchev–Trinajstić information content (AvgIpc) is 2.36. The number of terminal acetylenes is 1. The first-order valence-corrected chi connectivity index (χ1v) is 5.96. The van der Waals surface area contributed by atoms with Crippen LogP contribution in [-0.2, 0) is 9.59 Å². The van der Waals surface area contributed by atoms with Crippen LogP contribution in [0.15, 0.2) is 0 Å². The van der Waals surface area contributed by atoms with Crippen LogP contribution in [0.2, 0.25) is 0 Å². The number of carbonyl (C=O) groups is 2. The molecule has 1 aliphatic rings. The summed E-state index contributed by atoms with van der Waals surface area (Å²) < 4.78 is 0. The maximum Gasteiger partial charge on any atom is 0.304 e. The first-order valence-electron chi connectivity index (χ1n) is 5.96. The van der Waals surface area contributed by atoms with Gasteiger partial charge in [0.25, 0.3) is 0 Å². The Morgan fingerprint density at radius 3 is 2.44 bits per heavy atom. The highest BCUT2D eigenvalue weighted by Gasteiger charge is 2.24. The Kier molecular flexibility index (Phi) is 5.62. The van der Waals surface area contributed by atoms with Crippen LogP contribution in [0.4, 0.5) is 0 Å². The smallest absolute Gasteiger partial charge is 0.304 e. The number of hydrogen-bond donors (Lipinski definition) is 2. The fourth-order valence-corrected chi connectivity index (χ4v) is 1.89. The van der Waals surface area contributed by atoms with Crippen molar-refractivity contribution in [1.29, 1.82) is 0 Å². The Hall–Kier alpha value is -1.58. The lowest BCUT2D eigenvalue weighted by Crippen LogP contribution is -2.53. The molecule has 3 N–H and O–H groups in total. The lowest BCUT2D eigenvalue weighted by atomic mass is 10.2. The van der Waals surface area contributed by atoms with Crippen LogP contribution in [-0.4, -0.2) is 65.5 Å². The van der Waals surface area contributed by atoms with Gasteiger partial charge in [0, 0.05) is 39.1 Å². The van der Waals surface area contributed by atoms with Crippen molar-refractivity contribution in [3.63, 3.8) is 0 Å². The van der Waals surface area contributed by atoms with Gasteiger partial charge in [0.15, 0.2) is 0 Å². The second-order valence-electron chi connectivity index (χ2n) is 4.33. The van der Waals surface area contributed by atoms with Crippen LogP contribution in [0, 0.1) is 12.3 Å². The zero-order valence-electron chi connectivity index (χ0n) is 10.3. The molecule has 6 heteroatoms. The molecule has 0 bridgehead atoms. The zero-order chi connectivity index (χ0) is 13.5. The molecule has 1 rings (SSSR count). The topological polar surface area (TPSA) is 86.9 Å². The van der Waals surface area contributed by atoms with Crippen LogP contribution in [0.25, 0.3) is 0 Å². The lowest BCUT2D eigenvalue weighted by Gasteiger charge is -2.35. The summed E-state index contributed by atoms with van der Waals surface area (Å²) in [5, 5.41) is 8.59. The number of carboxylic acid groups (broad SMARTS) is 1. The Balaban J connectivity index is 2.33. The minimum Gasteiger partial charge on any atom is -0.481 e. The van der Waals surface area contributed by atoms with Crippen molar-refractivity contribution in [1.82, 2.24) is 9.80 Å². The van der Waals surface area contributed by atoms with Gasteiger partial charge in [0.1, 0.15) is 0 Å². The van der Waals surface area contributed by atoms with Gasteiger partial charge >= 0.3 is 5.97 Å². The molecule has 1 heterocycles. The van der Waals surface area contributed by atoms with Gasteiger partial charge in [-0.3, -0.25) is 14.5 Å². The van der Waals surface area contributed by atoms with Crippen molar-refractivity contribution in [2.24, 2.45) is 5.73 Å². The van der Waals surface area contributed by atoms with E-state index in [4.69, 9.17) is 17.3 Å². The molecular formula is C12H19N3O3. The Labute approximate surface area is 107 Å². The standard InChI is InChI=1S/C12H19N3O3/c1-2-3-10(13)12(18)15-8-6-14(7-9-15)5-4-11(16)17/h1,10H,3-9,13H2,(H,16,17). The molecule has 0 aromatic rings. The summed E-state index contributed by atoms with van der Waals surface area (Å²) in [6.45, 7) is 3.05. The van der Waals surface area contributed by atoms with Gasteiger partial charge in [0.2, 0.25) is 5.91 Å². The molecule has 18 heavy (non-hydrogen) atoms. The maximum atomic E-state index is 11.9. The normalized spacial score (nSPS) is 18.1. The number of piperazine rings is 1. The van der Waals surface area contributed by atoms with E-state index < -0.39 is 12.0 Å². The van der Waals surface area contributed by atoms with E-state index in [0.717, 1.165) is 0 Å². The molecule has 0 spiro atoms. The minimum absolute atomic E-state index is 0.120. The van der Waals surface area contributed by atoms with Gasteiger partial charge in [0.05, 0.1) is 12.5 Å². The van der Waals surface area contributed by atoms with E-state index in [0.29, 0.717) is 32.7 Å². The van der Waals surface area contributed by atoms with Crippen LogP contribution in [0.5, 0.6) is 0 Å². The summed E-state index contributed by atoms with van der Waals surface area (Å²) in [5.74, 6) is 1.46. The highest BCUT2D eigenvalue weighted by Crippen LogP contribution is 2.05. The third-order valence-corrected chi connectivity index (χ3v) is 2.98. The largest absolute Gasteiger partial charge is 0.481 e. The molecule has 0 aromatic carbocycles. The Morgan fingerprint density at radius 2 is 1.94 bits per heavy atom. The van der Waals surface area contributed by atoms with E-state index in [1.165, 1.54) is 0 Å². The summed E-state index contributed by atoms with van der Waals surface area (Å²) in [5.41, 5.74) is 5.67. The quantitative estimate of drug-likeness (QED) is 0.611. The fraction of sp³-hybridized carbons (Fsp3) is 0.667. The first kappa shape index (κ1) is 14.5. The second-order valence-corrected chi connectivity index (χ2v) is 4.33. The van der Waals surface area contributed by atoms with E-state index >= 15 is 0 Å². The number of carboxylic acids is 1. The van der Waals surface area contributed by atoms with Gasteiger partial charge in [-0.15, -0.1) is 12.3 Å². The van der Waals surface area contributed by atoms with E-state index in [-0.39, 0.29) is 18.7 Å². The predicted molar refractivity (Wildman–Crippen MR) is 66.7 cm³/mol. The highest BCUT2D eigenvalue weighted by molar-refractivity contribution is 5.82. The number of nitrogens with two attached hydrogens (primary N) is 1. The molecule has 0 aromatic heterocycles. The molecule has 100 valence electrons. The van der Waals surface area contributed by atoms with Crippen molar-refractivity contribution in [2.75, 3.05) is 32.7 Å². The first-order chi connectivity index (χ1) is 8.54. The van der Waals surface area contributed by atoms with E-state index in [1.54, 1.807) is 4.90 Å². The molecule has 0 aliphatic carbocycles. The van der Waals surface area contributed by atoms with Crippen LogP contribution in [0.1, 0.15) is 12.8 Å². The molecule has 1 amide bonds. The van der Waals surface area contributed by atoms with Crippen molar-refractivity contribution in [2.45, 2.75) is 18.9 Å². The number of aliphatic carboxylic acids is 1. The lowest BCUT2D eigenvalue weighted by molar-refractivity contribution is -0.138. The molecular weight excluding hydrogens is 234 g/mol. The van der Waals surface area contributed by atoms with Crippen molar-refractivity contribution in [3.8, 4) is 12.3 Å². The van der Waals surface area contributed by atoms with E-state index in [2.05, 4.69) is 5.92 Å². The molecule has 1 unspecified atom stereocenters. The monoisotopic (exact) mass is 253 g/mol. The molecule has 6 nitrogen and oxygen atoms in total. The predicted octanol–water partition coefficient (Wildman–Crippen LogP) is -1.04. The highest BCUT2D eigenvalue weighted by atomic mass is 16.4. The number of rotatable bonds is 5. The summed E-state index contributed by atoms with van der Waals surface area (Å²) in [7, 11) is 0. The van der Waals surface area contributed by atoms with Gasteiger partial charge in [-0.05, 0) is 0 Å². The van der Waals surface area contributed by atoms with Crippen molar-refractivity contribution in [3.05, 3.63) is 0 Å².